The zero-order chi connectivity index (χ0) is 16.7. The van der Waals surface area contributed by atoms with Crippen LogP contribution in [0.3, 0.4) is 0 Å². The average Bonchev–Trinajstić information content (AvgIpc) is 2.92. The van der Waals surface area contributed by atoms with Crippen molar-refractivity contribution in [2.24, 2.45) is 0 Å². The number of benzene rings is 1. The Balaban J connectivity index is 2.08. The Morgan fingerprint density at radius 2 is 1.78 bits per heavy atom. The first-order chi connectivity index (χ1) is 10.9. The molecule has 2 amide bonds. The van der Waals surface area contributed by atoms with Gasteiger partial charge in [-0.05, 0) is 61.9 Å². The summed E-state index contributed by atoms with van der Waals surface area (Å²) in [7, 11) is 1.51. The van der Waals surface area contributed by atoms with Gasteiger partial charge < -0.3 is 4.57 Å². The van der Waals surface area contributed by atoms with Gasteiger partial charge in [-0.1, -0.05) is 18.2 Å². The van der Waals surface area contributed by atoms with Gasteiger partial charge in [0.15, 0.2) is 0 Å². The number of amides is 2. The molecule has 3 rings (SSSR count). The lowest BCUT2D eigenvalue weighted by molar-refractivity contribution is -0.121. The van der Waals surface area contributed by atoms with Crippen LogP contribution in [-0.4, -0.2) is 27.7 Å². The minimum atomic E-state index is -0.235. The molecule has 0 radical (unpaired) electrons. The van der Waals surface area contributed by atoms with Crippen molar-refractivity contribution >= 4 is 29.0 Å². The molecule has 0 aliphatic carbocycles. The Morgan fingerprint density at radius 1 is 1.09 bits per heavy atom. The molecule has 0 unspecified atom stereocenters. The number of carbonyl (C=O) groups is 2. The van der Waals surface area contributed by atoms with Crippen LogP contribution in [0.5, 0.6) is 0 Å². The van der Waals surface area contributed by atoms with Crippen LogP contribution in [-0.2, 0) is 4.79 Å². The largest absolute Gasteiger partial charge is 0.318 e. The van der Waals surface area contributed by atoms with E-state index in [0.29, 0.717) is 4.91 Å². The minimum Gasteiger partial charge on any atom is -0.318 e. The van der Waals surface area contributed by atoms with Gasteiger partial charge in [0.2, 0.25) is 0 Å². The van der Waals surface area contributed by atoms with E-state index in [9.17, 15) is 9.59 Å². The quantitative estimate of drug-likeness (QED) is 0.781. The van der Waals surface area contributed by atoms with Crippen LogP contribution < -0.4 is 0 Å². The molecular weight excluding hydrogens is 308 g/mol. The molecule has 2 aromatic rings. The molecule has 0 spiro atoms. The lowest BCUT2D eigenvalue weighted by Gasteiger charge is -2.12. The smallest absolute Gasteiger partial charge is 0.293 e. The molecule has 0 saturated carbocycles. The van der Waals surface area contributed by atoms with Crippen LogP contribution in [0, 0.1) is 20.8 Å². The summed E-state index contributed by atoms with van der Waals surface area (Å²) in [6.07, 6.45) is 1.81. The third-order valence-corrected chi connectivity index (χ3v) is 5.06. The zero-order valence-electron chi connectivity index (χ0n) is 13.6. The van der Waals surface area contributed by atoms with Crippen LogP contribution in [0.4, 0.5) is 4.79 Å². The molecule has 2 heterocycles. The number of hydrogen-bond acceptors (Lipinski definition) is 3. The van der Waals surface area contributed by atoms with E-state index in [0.717, 1.165) is 39.3 Å². The Kier molecular flexibility index (Phi) is 3.90. The monoisotopic (exact) mass is 326 g/mol. The summed E-state index contributed by atoms with van der Waals surface area (Å²) in [6, 6.07) is 10.2. The number of likely N-dealkylation sites (N-methyl/N-ethyl adjacent to an activating group) is 1. The fourth-order valence-corrected chi connectivity index (χ4v) is 3.62. The molecular formula is C18H18N2O2S. The number of carbonyl (C=O) groups excluding carboxylic acids is 2. The number of aryl methyl sites for hydroxylation is 2. The second kappa shape index (κ2) is 5.74. The first kappa shape index (κ1) is 15.6. The fourth-order valence-electron chi connectivity index (χ4n) is 2.81. The molecule has 5 heteroatoms. The number of para-hydroxylation sites is 1. The van der Waals surface area contributed by atoms with Crippen molar-refractivity contribution in [3.05, 3.63) is 57.8 Å². The Morgan fingerprint density at radius 3 is 2.39 bits per heavy atom. The summed E-state index contributed by atoms with van der Waals surface area (Å²) >= 11 is 0.989. The van der Waals surface area contributed by atoms with Crippen molar-refractivity contribution in [1.29, 1.82) is 0 Å². The summed E-state index contributed by atoms with van der Waals surface area (Å²) in [4.78, 5) is 25.3. The zero-order valence-corrected chi connectivity index (χ0v) is 14.4. The summed E-state index contributed by atoms with van der Waals surface area (Å²) < 4.78 is 2.18. The molecule has 1 fully saturated rings. The lowest BCUT2D eigenvalue weighted by atomic mass is 10.2. The van der Waals surface area contributed by atoms with E-state index in [4.69, 9.17) is 0 Å². The molecule has 1 aromatic carbocycles. The van der Waals surface area contributed by atoms with Crippen molar-refractivity contribution < 1.29 is 9.59 Å². The van der Waals surface area contributed by atoms with Gasteiger partial charge in [-0.2, -0.15) is 0 Å². The molecule has 1 saturated heterocycles. The predicted octanol–water partition coefficient (Wildman–Crippen LogP) is 4.07. The third kappa shape index (κ3) is 2.61. The Bertz CT molecular complexity index is 849. The molecule has 118 valence electrons. The maximum Gasteiger partial charge on any atom is 0.293 e. The van der Waals surface area contributed by atoms with Crippen LogP contribution in [0.2, 0.25) is 0 Å². The Hall–Kier alpha value is -2.27. The summed E-state index contributed by atoms with van der Waals surface area (Å²) in [5.41, 5.74) is 5.43. The highest BCUT2D eigenvalue weighted by molar-refractivity contribution is 8.18. The molecule has 1 aromatic heterocycles. The number of hydrogen-bond donors (Lipinski definition) is 0. The van der Waals surface area contributed by atoms with Gasteiger partial charge in [0, 0.05) is 24.1 Å². The lowest BCUT2D eigenvalue weighted by Crippen LogP contribution is -2.22. The van der Waals surface area contributed by atoms with Crippen molar-refractivity contribution in [3.8, 4) is 5.69 Å². The maximum absolute atomic E-state index is 12.1. The SMILES string of the molecule is Cc1ccccc1-n1c(C)cc(/C=C2\SC(=O)N(C)C2=O)c1C. The van der Waals surface area contributed by atoms with Crippen molar-refractivity contribution in [3.63, 3.8) is 0 Å². The molecule has 1 aliphatic heterocycles. The summed E-state index contributed by atoms with van der Waals surface area (Å²) in [6.45, 7) is 6.15. The van der Waals surface area contributed by atoms with Gasteiger partial charge in [0.25, 0.3) is 11.1 Å². The van der Waals surface area contributed by atoms with E-state index in [1.807, 2.05) is 38.1 Å². The number of nitrogens with zero attached hydrogens (tertiary/aromatic N) is 2. The first-order valence-corrected chi connectivity index (χ1v) is 8.18. The molecule has 0 bridgehead atoms. The second-order valence-corrected chi connectivity index (χ2v) is 6.68. The molecule has 1 aliphatic rings. The molecule has 0 atom stereocenters. The fraction of sp³-hybridized carbons (Fsp3) is 0.222. The van der Waals surface area contributed by atoms with Crippen molar-refractivity contribution in [2.45, 2.75) is 20.8 Å². The number of thioether (sulfide) groups is 1. The average molecular weight is 326 g/mol. The van der Waals surface area contributed by atoms with Gasteiger partial charge in [-0.3, -0.25) is 14.5 Å². The van der Waals surface area contributed by atoms with E-state index >= 15 is 0 Å². The van der Waals surface area contributed by atoms with Crippen LogP contribution in [0.25, 0.3) is 11.8 Å². The van der Waals surface area contributed by atoms with Crippen LogP contribution >= 0.6 is 11.8 Å². The van der Waals surface area contributed by atoms with Crippen LogP contribution in [0.15, 0.2) is 35.2 Å². The van der Waals surface area contributed by atoms with Gasteiger partial charge >= 0.3 is 0 Å². The molecule has 4 nitrogen and oxygen atoms in total. The summed E-state index contributed by atoms with van der Waals surface area (Å²) in [5.74, 6) is -0.235. The van der Waals surface area contributed by atoms with E-state index in [1.54, 1.807) is 0 Å². The standard InChI is InChI=1S/C18H18N2O2S/c1-11-7-5-6-8-15(11)20-12(2)9-14(13(20)3)10-16-17(21)19(4)18(22)23-16/h5-10H,1-4H3/b16-10-. The van der Waals surface area contributed by atoms with E-state index < -0.39 is 0 Å². The van der Waals surface area contributed by atoms with Gasteiger partial charge in [-0.25, -0.2) is 0 Å². The molecule has 0 N–H and O–H groups in total. The normalized spacial score (nSPS) is 16.7. The third-order valence-electron chi connectivity index (χ3n) is 4.10. The van der Waals surface area contributed by atoms with Gasteiger partial charge in [-0.15, -0.1) is 0 Å². The highest BCUT2D eigenvalue weighted by atomic mass is 32.2. The van der Waals surface area contributed by atoms with E-state index in [2.05, 4.69) is 23.6 Å². The topological polar surface area (TPSA) is 42.3 Å². The van der Waals surface area contributed by atoms with Gasteiger partial charge in [0.1, 0.15) is 0 Å². The van der Waals surface area contributed by atoms with Crippen molar-refractivity contribution in [1.82, 2.24) is 9.47 Å². The highest BCUT2D eigenvalue weighted by Gasteiger charge is 2.32. The number of imide groups is 1. The second-order valence-electron chi connectivity index (χ2n) is 5.69. The molecule has 23 heavy (non-hydrogen) atoms. The Labute approximate surface area is 139 Å². The summed E-state index contributed by atoms with van der Waals surface area (Å²) in [5, 5.41) is -0.228. The highest BCUT2D eigenvalue weighted by Crippen LogP contribution is 2.33. The van der Waals surface area contributed by atoms with Crippen molar-refractivity contribution in [2.75, 3.05) is 7.05 Å². The van der Waals surface area contributed by atoms with E-state index in [1.165, 1.54) is 12.6 Å². The van der Waals surface area contributed by atoms with Gasteiger partial charge in [0.05, 0.1) is 4.91 Å². The van der Waals surface area contributed by atoms with E-state index in [-0.39, 0.29) is 11.1 Å². The minimum absolute atomic E-state index is 0.228. The number of rotatable bonds is 2. The van der Waals surface area contributed by atoms with Crippen LogP contribution in [0.1, 0.15) is 22.5 Å². The predicted molar refractivity (Wildman–Crippen MR) is 93.7 cm³/mol. The maximum atomic E-state index is 12.1. The number of aromatic nitrogens is 1. The first-order valence-electron chi connectivity index (χ1n) is 7.36.